The van der Waals surface area contributed by atoms with Gasteiger partial charge in [0.25, 0.3) is 5.56 Å². The van der Waals surface area contributed by atoms with Gasteiger partial charge in [-0.2, -0.15) is 5.06 Å². The standard InChI is InChI=1S/C19H31N6O11P/c1-6-7-25(32-5)14(10(2)3)17(28)35-37(30,31)36-18(34-23-22-20)15-12(26)8-13(33-15)24-9-11(4)16(27)21-19(24)29/h9-10,12-15,18,26H,6-8H2,1-5H3,(H,30,31)(H,21,27,29)/t12-,13+,14-,15-,18?/m0/s1. The first-order chi connectivity index (χ1) is 17.3. The molecule has 6 atom stereocenters. The van der Waals surface area contributed by atoms with Crippen LogP contribution in [0, 0.1) is 12.8 Å². The fourth-order valence-electron chi connectivity index (χ4n) is 3.71. The van der Waals surface area contributed by atoms with Crippen LogP contribution >= 0.6 is 7.82 Å². The molecule has 1 aliphatic heterocycles. The first-order valence-corrected chi connectivity index (χ1v) is 12.8. The molecule has 1 aromatic rings. The number of rotatable bonds is 13. The molecule has 1 saturated heterocycles. The molecule has 0 radical (unpaired) electrons. The number of hydrogen-bond donors (Lipinski definition) is 3. The van der Waals surface area contributed by atoms with Crippen LogP contribution in [0.5, 0.6) is 0 Å². The Hall–Kier alpha value is -2.75. The van der Waals surface area contributed by atoms with E-state index in [0.29, 0.717) is 13.0 Å². The topological polar surface area (TPSA) is 228 Å². The van der Waals surface area contributed by atoms with Crippen LogP contribution < -0.4 is 11.2 Å². The minimum absolute atomic E-state index is 0.180. The smallest absolute Gasteiger partial charge is 0.399 e. The van der Waals surface area contributed by atoms with Crippen molar-refractivity contribution in [2.45, 2.75) is 71.3 Å². The van der Waals surface area contributed by atoms with Gasteiger partial charge in [-0.25, -0.2) is 18.7 Å². The SMILES string of the molecule is CCCN(OC)[C@H](C(=O)OP(=O)(O)OC(ON=[N+]=[N-])[C@H]1O[C@@H](n2cc(C)c(=O)[nH]c2=O)C[C@@H]1O)C(C)C. The van der Waals surface area contributed by atoms with Gasteiger partial charge in [0.15, 0.2) is 0 Å². The Balaban J connectivity index is 2.25. The molecule has 0 aliphatic carbocycles. The lowest BCUT2D eigenvalue weighted by molar-refractivity contribution is -0.199. The lowest BCUT2D eigenvalue weighted by Crippen LogP contribution is -2.45. The van der Waals surface area contributed by atoms with Gasteiger partial charge in [0.2, 0.25) is 6.29 Å². The van der Waals surface area contributed by atoms with E-state index in [2.05, 4.69) is 15.2 Å². The number of carbonyl (C=O) groups is 1. The zero-order chi connectivity index (χ0) is 27.9. The van der Waals surface area contributed by atoms with Crippen LogP contribution in [0.15, 0.2) is 21.1 Å². The zero-order valence-corrected chi connectivity index (χ0v) is 21.8. The highest BCUT2D eigenvalue weighted by Gasteiger charge is 2.47. The molecule has 1 aliphatic rings. The minimum Gasteiger partial charge on any atom is -0.399 e. The lowest BCUT2D eigenvalue weighted by atomic mass is 10.0. The second kappa shape index (κ2) is 13.2. The highest BCUT2D eigenvalue weighted by atomic mass is 31.2. The third kappa shape index (κ3) is 7.87. The Morgan fingerprint density at radius 1 is 1.46 bits per heavy atom. The molecule has 17 nitrogen and oxygen atoms in total. The number of azide groups is 1. The van der Waals surface area contributed by atoms with E-state index < -0.39 is 61.7 Å². The first kappa shape index (κ1) is 30.5. The van der Waals surface area contributed by atoms with E-state index in [1.165, 1.54) is 25.3 Å². The van der Waals surface area contributed by atoms with Crippen molar-refractivity contribution >= 4 is 13.8 Å². The summed E-state index contributed by atoms with van der Waals surface area (Å²) in [7, 11) is -3.91. The molecule has 0 saturated carbocycles. The second-order valence-electron chi connectivity index (χ2n) is 8.48. The van der Waals surface area contributed by atoms with Crippen molar-refractivity contribution in [1.29, 1.82) is 0 Å². The van der Waals surface area contributed by atoms with Crippen molar-refractivity contribution < 1.29 is 42.8 Å². The number of nitrogens with one attached hydrogen (secondary N) is 1. The van der Waals surface area contributed by atoms with E-state index in [4.69, 9.17) is 29.0 Å². The minimum atomic E-state index is -5.25. The van der Waals surface area contributed by atoms with E-state index in [0.717, 1.165) is 4.57 Å². The number of hydrogen-bond acceptors (Lipinski definition) is 12. The number of aryl methyl sites for hydroxylation is 1. The maximum atomic E-state index is 12.8. The molecule has 3 N–H and O–H groups in total. The van der Waals surface area contributed by atoms with Gasteiger partial charge in [-0.05, 0) is 24.8 Å². The van der Waals surface area contributed by atoms with Gasteiger partial charge in [-0.3, -0.25) is 19.2 Å². The fraction of sp³-hybridized carbons (Fsp3) is 0.737. The molecule has 1 fully saturated rings. The first-order valence-electron chi connectivity index (χ1n) is 11.3. The predicted octanol–water partition coefficient (Wildman–Crippen LogP) is 1.02. The average molecular weight is 550 g/mol. The van der Waals surface area contributed by atoms with Gasteiger partial charge in [0.1, 0.15) is 23.7 Å². The Kier molecular flexibility index (Phi) is 10.8. The normalized spacial score (nSPS) is 22.8. The molecule has 0 aromatic carbocycles. The lowest BCUT2D eigenvalue weighted by Gasteiger charge is -2.31. The van der Waals surface area contributed by atoms with Gasteiger partial charge < -0.3 is 24.0 Å². The number of aliphatic hydroxyl groups excluding tert-OH is 1. The third-order valence-electron chi connectivity index (χ3n) is 5.35. The number of ether oxygens (including phenoxy) is 1. The summed E-state index contributed by atoms with van der Waals surface area (Å²) < 4.78 is 28.9. The van der Waals surface area contributed by atoms with Gasteiger partial charge in [-0.15, -0.1) is 0 Å². The Morgan fingerprint density at radius 2 is 2.14 bits per heavy atom. The fourth-order valence-corrected chi connectivity index (χ4v) is 4.51. The van der Waals surface area contributed by atoms with Crippen LogP contribution in [-0.4, -0.2) is 68.8 Å². The number of H-pyrrole nitrogens is 1. The summed E-state index contributed by atoms with van der Waals surface area (Å²) >= 11 is 0. The molecule has 37 heavy (non-hydrogen) atoms. The molecule has 0 amide bonds. The summed E-state index contributed by atoms with van der Waals surface area (Å²) in [6, 6.07) is -1.07. The van der Waals surface area contributed by atoms with Crippen molar-refractivity contribution in [2.75, 3.05) is 13.7 Å². The number of hydroxylamine groups is 2. The highest BCUT2D eigenvalue weighted by Crippen LogP contribution is 2.47. The summed E-state index contributed by atoms with van der Waals surface area (Å²) in [5.41, 5.74) is 7.35. The summed E-state index contributed by atoms with van der Waals surface area (Å²) in [5, 5.41) is 14.6. The molecule has 0 bridgehead atoms. The third-order valence-corrected chi connectivity index (χ3v) is 6.24. The van der Waals surface area contributed by atoms with E-state index in [9.17, 15) is 28.9 Å². The monoisotopic (exact) mass is 550 g/mol. The van der Waals surface area contributed by atoms with Crippen LogP contribution in [0.2, 0.25) is 0 Å². The van der Waals surface area contributed by atoms with E-state index >= 15 is 0 Å². The average Bonchev–Trinajstić information content (AvgIpc) is 3.19. The Morgan fingerprint density at radius 3 is 2.70 bits per heavy atom. The maximum absolute atomic E-state index is 12.8. The molecule has 2 unspecified atom stereocenters. The van der Waals surface area contributed by atoms with E-state index in [1.807, 2.05) is 6.92 Å². The molecular formula is C19H31N6O11P. The molecule has 18 heteroatoms. The summed E-state index contributed by atoms with van der Waals surface area (Å²) in [5.74, 6) is -1.53. The van der Waals surface area contributed by atoms with Crippen molar-refractivity contribution in [2.24, 2.45) is 11.2 Å². The van der Waals surface area contributed by atoms with Crippen molar-refractivity contribution in [3.8, 4) is 0 Å². The van der Waals surface area contributed by atoms with Crippen LogP contribution in [0.25, 0.3) is 10.4 Å². The number of phosphoric ester groups is 1. The number of nitrogens with zero attached hydrogens (tertiary/aromatic N) is 5. The summed E-state index contributed by atoms with van der Waals surface area (Å²) in [6.07, 6.45) is -4.66. The number of carbonyl (C=O) groups excluding carboxylic acids is 1. The van der Waals surface area contributed by atoms with Crippen LogP contribution in [-0.2, 0) is 32.8 Å². The second-order valence-corrected chi connectivity index (χ2v) is 9.81. The van der Waals surface area contributed by atoms with Crippen molar-refractivity contribution in [1.82, 2.24) is 14.6 Å². The quantitative estimate of drug-likeness (QED) is 0.0781. The molecule has 208 valence electrons. The largest absolute Gasteiger partial charge is 0.532 e. The van der Waals surface area contributed by atoms with Gasteiger partial charge >= 0.3 is 19.5 Å². The number of aromatic nitrogens is 2. The van der Waals surface area contributed by atoms with Crippen LogP contribution in [0.4, 0.5) is 0 Å². The van der Waals surface area contributed by atoms with Crippen molar-refractivity contribution in [3.05, 3.63) is 43.0 Å². The van der Waals surface area contributed by atoms with Gasteiger partial charge in [-0.1, -0.05) is 20.8 Å². The van der Waals surface area contributed by atoms with E-state index in [1.54, 1.807) is 13.8 Å². The summed E-state index contributed by atoms with van der Waals surface area (Å²) in [4.78, 5) is 61.3. The molecule has 1 aromatic heterocycles. The highest BCUT2D eigenvalue weighted by molar-refractivity contribution is 7.48. The predicted molar refractivity (Wildman–Crippen MR) is 124 cm³/mol. The Labute approximate surface area is 211 Å². The molecule has 2 rings (SSSR count). The molecular weight excluding hydrogens is 519 g/mol. The zero-order valence-electron chi connectivity index (χ0n) is 20.9. The van der Waals surface area contributed by atoms with Gasteiger partial charge in [0.05, 0.1) is 13.2 Å². The van der Waals surface area contributed by atoms with Gasteiger partial charge in [0, 0.05) is 29.6 Å². The number of aromatic amines is 1. The summed E-state index contributed by atoms with van der Waals surface area (Å²) in [6.45, 7) is 6.96. The number of phosphoric acid groups is 1. The molecule has 2 heterocycles. The van der Waals surface area contributed by atoms with E-state index in [-0.39, 0.29) is 12.0 Å². The van der Waals surface area contributed by atoms with Crippen LogP contribution in [0.3, 0.4) is 0 Å². The molecule has 0 spiro atoms. The van der Waals surface area contributed by atoms with Crippen molar-refractivity contribution in [3.63, 3.8) is 0 Å². The Bertz CT molecular complexity index is 1150. The number of aliphatic hydroxyl groups is 1. The maximum Gasteiger partial charge on any atom is 0.532 e. The van der Waals surface area contributed by atoms with Crippen LogP contribution in [0.1, 0.15) is 45.4 Å².